The van der Waals surface area contributed by atoms with E-state index in [4.69, 9.17) is 9.47 Å². The Morgan fingerprint density at radius 1 is 1.25 bits per heavy atom. The molecule has 1 unspecified atom stereocenters. The number of thiazole rings is 1. The van der Waals surface area contributed by atoms with Crippen molar-refractivity contribution in [3.8, 4) is 5.88 Å². The molecule has 0 aliphatic carbocycles. The number of benzene rings is 1. The molecule has 1 aromatic carbocycles. The summed E-state index contributed by atoms with van der Waals surface area (Å²) in [5.41, 5.74) is 1.12. The van der Waals surface area contributed by atoms with Crippen LogP contribution in [0.1, 0.15) is 35.1 Å². The molecule has 2 aromatic heterocycles. The van der Waals surface area contributed by atoms with Crippen LogP contribution < -0.4 is 0 Å². The first-order chi connectivity index (χ1) is 13.5. The Labute approximate surface area is 175 Å². The summed E-state index contributed by atoms with van der Waals surface area (Å²) in [5, 5.41) is 15.3. The number of rotatable bonds is 3. The van der Waals surface area contributed by atoms with Crippen molar-refractivity contribution in [1.82, 2.24) is 19.5 Å². The minimum absolute atomic E-state index is 0.0786. The Hall–Kier alpha value is -1.52. The monoisotopic (exact) mass is 464 g/mol. The number of likely N-dealkylation sites (tertiary alicyclic amines) is 1. The van der Waals surface area contributed by atoms with Gasteiger partial charge in [0.15, 0.2) is 5.79 Å². The number of hydrogen-bond donors (Lipinski definition) is 1. The molecular weight excluding hydrogens is 444 g/mol. The van der Waals surface area contributed by atoms with Crippen molar-refractivity contribution in [2.24, 2.45) is 0 Å². The average Bonchev–Trinajstić information content (AvgIpc) is 3.35. The van der Waals surface area contributed by atoms with Crippen LogP contribution in [0.3, 0.4) is 0 Å². The van der Waals surface area contributed by atoms with Crippen molar-refractivity contribution in [3.63, 3.8) is 0 Å². The van der Waals surface area contributed by atoms with E-state index in [-0.39, 0.29) is 11.9 Å². The van der Waals surface area contributed by atoms with Crippen molar-refractivity contribution in [3.05, 3.63) is 45.0 Å². The van der Waals surface area contributed by atoms with E-state index in [9.17, 15) is 5.11 Å². The van der Waals surface area contributed by atoms with E-state index in [1.807, 2.05) is 19.1 Å². The van der Waals surface area contributed by atoms with E-state index in [2.05, 4.69) is 43.0 Å². The van der Waals surface area contributed by atoms with E-state index in [0.29, 0.717) is 24.0 Å². The zero-order valence-electron chi connectivity index (χ0n) is 15.5. The van der Waals surface area contributed by atoms with Gasteiger partial charge in [0.05, 0.1) is 24.1 Å². The molecule has 0 amide bonds. The zero-order chi connectivity index (χ0) is 19.3. The number of aromatic hydroxyl groups is 1. The van der Waals surface area contributed by atoms with Gasteiger partial charge in [0.1, 0.15) is 5.82 Å². The van der Waals surface area contributed by atoms with E-state index in [0.717, 1.165) is 40.8 Å². The number of ether oxygens (including phenoxy) is 2. The smallest absolute Gasteiger partial charge is 0.230 e. The molecule has 3 aromatic rings. The lowest BCUT2D eigenvalue weighted by molar-refractivity contribution is -0.187. The number of halogens is 1. The van der Waals surface area contributed by atoms with Crippen molar-refractivity contribution >= 4 is 32.2 Å². The molecule has 2 aliphatic heterocycles. The third-order valence-electron chi connectivity index (χ3n) is 5.46. The molecule has 1 spiro atoms. The van der Waals surface area contributed by atoms with Crippen LogP contribution in [0.25, 0.3) is 4.96 Å². The number of aryl methyl sites for hydroxylation is 1. The van der Waals surface area contributed by atoms with Gasteiger partial charge in [0.25, 0.3) is 0 Å². The van der Waals surface area contributed by atoms with Crippen molar-refractivity contribution in [2.45, 2.75) is 31.6 Å². The fourth-order valence-corrected chi connectivity index (χ4v) is 5.72. The molecule has 4 heterocycles. The topological polar surface area (TPSA) is 72.1 Å². The number of hydrogen-bond acceptors (Lipinski definition) is 7. The maximum Gasteiger partial charge on any atom is 0.230 e. The van der Waals surface area contributed by atoms with E-state index >= 15 is 0 Å². The minimum atomic E-state index is -0.428. The fraction of sp³-hybridized carbons (Fsp3) is 0.474. The van der Waals surface area contributed by atoms with Gasteiger partial charge < -0.3 is 14.6 Å². The van der Waals surface area contributed by atoms with E-state index in [1.54, 1.807) is 0 Å². The van der Waals surface area contributed by atoms with Gasteiger partial charge >= 0.3 is 0 Å². The summed E-state index contributed by atoms with van der Waals surface area (Å²) in [6.07, 6.45) is 1.64. The van der Waals surface area contributed by atoms with Gasteiger partial charge in [-0.1, -0.05) is 39.4 Å². The first-order valence-electron chi connectivity index (χ1n) is 9.37. The van der Waals surface area contributed by atoms with Crippen molar-refractivity contribution in [2.75, 3.05) is 26.3 Å². The highest BCUT2D eigenvalue weighted by atomic mass is 79.9. The summed E-state index contributed by atoms with van der Waals surface area (Å²) >= 11 is 5.07. The predicted molar refractivity (Wildman–Crippen MR) is 109 cm³/mol. The number of fused-ring (bicyclic) bond motifs is 1. The van der Waals surface area contributed by atoms with E-state index in [1.165, 1.54) is 15.9 Å². The lowest BCUT2D eigenvalue weighted by Gasteiger charge is -2.41. The van der Waals surface area contributed by atoms with Gasteiger partial charge in [-0.15, -0.1) is 5.10 Å². The van der Waals surface area contributed by atoms with Crippen LogP contribution in [0.5, 0.6) is 5.88 Å². The second-order valence-electron chi connectivity index (χ2n) is 7.24. The summed E-state index contributed by atoms with van der Waals surface area (Å²) in [6, 6.07) is 8.17. The number of aromatic nitrogens is 3. The first kappa shape index (κ1) is 18.5. The number of piperidine rings is 1. The predicted octanol–water partition coefficient (Wildman–Crippen LogP) is 3.50. The summed E-state index contributed by atoms with van der Waals surface area (Å²) in [5.74, 6) is 0.394. The second-order valence-corrected chi connectivity index (χ2v) is 9.17. The molecule has 148 valence electrons. The highest BCUT2D eigenvalue weighted by Gasteiger charge is 2.42. The molecule has 7 nitrogen and oxygen atoms in total. The maximum atomic E-state index is 10.9. The average molecular weight is 465 g/mol. The SMILES string of the molecule is Cc1nc2sc(C(c3cccc(Br)c3)N3CCC4(CC3)OCCO4)c(O)n2n1. The molecule has 9 heteroatoms. The minimum Gasteiger partial charge on any atom is -0.492 e. The molecule has 5 rings (SSSR count). The van der Waals surface area contributed by atoms with Gasteiger partial charge in [-0.05, 0) is 24.6 Å². The van der Waals surface area contributed by atoms with Crippen LogP contribution in [-0.2, 0) is 9.47 Å². The summed E-state index contributed by atoms with van der Waals surface area (Å²) in [4.78, 5) is 8.39. The lowest BCUT2D eigenvalue weighted by Crippen LogP contribution is -2.46. The van der Waals surface area contributed by atoms with Crippen LogP contribution in [0.2, 0.25) is 0 Å². The highest BCUT2D eigenvalue weighted by molar-refractivity contribution is 9.10. The highest BCUT2D eigenvalue weighted by Crippen LogP contribution is 2.43. The second kappa shape index (κ2) is 7.07. The Kier molecular flexibility index (Phi) is 4.67. The maximum absolute atomic E-state index is 10.9. The molecule has 2 aliphatic rings. The standard InChI is InChI=1S/C19H21BrN4O3S/c1-12-21-18-24(22-12)17(25)16(28-18)15(13-3-2-4-14(20)11-13)23-7-5-19(6-8-23)26-9-10-27-19/h2-4,11,15,25H,5-10H2,1H3. The normalized spacial score (nSPS) is 20.9. The number of nitrogens with zero attached hydrogens (tertiary/aromatic N) is 4. The summed E-state index contributed by atoms with van der Waals surface area (Å²) in [6.45, 7) is 4.81. The Balaban J connectivity index is 1.53. The third kappa shape index (κ3) is 3.15. The zero-order valence-corrected chi connectivity index (χ0v) is 17.9. The quantitative estimate of drug-likeness (QED) is 0.639. The Morgan fingerprint density at radius 3 is 2.68 bits per heavy atom. The van der Waals surface area contributed by atoms with Crippen LogP contribution in [0, 0.1) is 6.92 Å². The van der Waals surface area contributed by atoms with Crippen LogP contribution >= 0.6 is 27.3 Å². The van der Waals surface area contributed by atoms with Gasteiger partial charge in [-0.3, -0.25) is 4.90 Å². The molecule has 2 fully saturated rings. The third-order valence-corrected chi connectivity index (χ3v) is 7.02. The van der Waals surface area contributed by atoms with Crippen molar-refractivity contribution in [1.29, 1.82) is 0 Å². The van der Waals surface area contributed by atoms with Gasteiger partial charge in [-0.25, -0.2) is 4.98 Å². The Morgan fingerprint density at radius 2 is 2.00 bits per heavy atom. The van der Waals surface area contributed by atoms with Gasteiger partial charge in [-0.2, -0.15) is 4.52 Å². The summed E-state index contributed by atoms with van der Waals surface area (Å²) in [7, 11) is 0. The molecule has 0 saturated carbocycles. The first-order valence-corrected chi connectivity index (χ1v) is 11.0. The van der Waals surface area contributed by atoms with Crippen molar-refractivity contribution < 1.29 is 14.6 Å². The van der Waals surface area contributed by atoms with Gasteiger partial charge in [0, 0.05) is 30.4 Å². The molecule has 2 saturated heterocycles. The Bertz CT molecular complexity index is 1000. The molecule has 0 bridgehead atoms. The molecule has 0 radical (unpaired) electrons. The fourth-order valence-electron chi connectivity index (χ4n) is 4.14. The van der Waals surface area contributed by atoms with Gasteiger partial charge in [0.2, 0.25) is 10.8 Å². The molecule has 28 heavy (non-hydrogen) atoms. The van der Waals surface area contributed by atoms with Crippen LogP contribution in [-0.4, -0.2) is 56.7 Å². The lowest BCUT2D eigenvalue weighted by atomic mass is 9.97. The van der Waals surface area contributed by atoms with E-state index < -0.39 is 5.79 Å². The van der Waals surface area contributed by atoms with Crippen LogP contribution in [0.4, 0.5) is 0 Å². The largest absolute Gasteiger partial charge is 0.492 e. The molecular formula is C19H21BrN4O3S. The summed E-state index contributed by atoms with van der Waals surface area (Å²) < 4.78 is 14.3. The molecule has 1 atom stereocenters. The van der Waals surface area contributed by atoms with Crippen LogP contribution in [0.15, 0.2) is 28.7 Å². The molecule has 1 N–H and O–H groups in total.